The number of nitrogens with zero attached hydrogens (tertiary/aromatic N) is 1. The summed E-state index contributed by atoms with van der Waals surface area (Å²) >= 11 is 6.18. The Bertz CT molecular complexity index is 925. The number of carbonyl (C=O) groups is 2. The summed E-state index contributed by atoms with van der Waals surface area (Å²) in [6.07, 6.45) is 1.37. The third-order valence-corrected chi connectivity index (χ3v) is 3.95. The number of carbonyl (C=O) groups excluding carboxylic acids is 1. The maximum atomic E-state index is 12.3. The molecular weight excluding hydrogens is 416 g/mol. The van der Waals surface area contributed by atoms with Gasteiger partial charge in [-0.15, -0.1) is 0 Å². The average Bonchev–Trinajstić information content (AvgIpc) is 2.72. The van der Waals surface area contributed by atoms with Crippen LogP contribution in [0.25, 0.3) is 0 Å². The van der Waals surface area contributed by atoms with Crippen LogP contribution in [-0.2, 0) is 4.79 Å². The summed E-state index contributed by atoms with van der Waals surface area (Å²) in [5.41, 5.74) is 3.21. The predicted molar refractivity (Wildman–Crippen MR) is 110 cm³/mol. The van der Waals surface area contributed by atoms with E-state index in [4.69, 9.17) is 35.7 Å². The average molecular weight is 437 g/mol. The van der Waals surface area contributed by atoms with E-state index in [0.717, 1.165) is 0 Å². The summed E-state index contributed by atoms with van der Waals surface area (Å²) in [5, 5.41) is 12.8. The molecule has 2 N–H and O–H groups in total. The van der Waals surface area contributed by atoms with Crippen molar-refractivity contribution in [3.63, 3.8) is 0 Å². The normalized spacial score (nSPS) is 10.5. The molecule has 0 saturated heterocycles. The van der Waals surface area contributed by atoms with Gasteiger partial charge in [0.05, 0.1) is 32.1 Å². The molecule has 160 valence electrons. The zero-order valence-corrected chi connectivity index (χ0v) is 17.4. The summed E-state index contributed by atoms with van der Waals surface area (Å²) in [4.78, 5) is 23.1. The molecule has 0 aliphatic rings. The summed E-state index contributed by atoms with van der Waals surface area (Å²) in [5.74, 6) is -0.304. The van der Waals surface area contributed by atoms with Crippen molar-refractivity contribution in [2.45, 2.75) is 6.92 Å². The topological polar surface area (TPSA) is 116 Å². The van der Waals surface area contributed by atoms with E-state index in [2.05, 4.69) is 10.5 Å². The SMILES string of the molecule is CCOc1cc(/C=N\NC(=O)c2cc(OC)cc(OC)c2)cc(Cl)c1OCC(=O)O. The highest BCUT2D eigenvalue weighted by Gasteiger charge is 2.14. The number of amides is 1. The molecule has 2 rings (SSSR count). The monoisotopic (exact) mass is 436 g/mol. The smallest absolute Gasteiger partial charge is 0.341 e. The van der Waals surface area contributed by atoms with Gasteiger partial charge in [-0.25, -0.2) is 10.2 Å². The molecule has 0 unspecified atom stereocenters. The van der Waals surface area contributed by atoms with Gasteiger partial charge in [0.15, 0.2) is 18.1 Å². The lowest BCUT2D eigenvalue weighted by atomic mass is 10.2. The number of aliphatic carboxylic acids is 1. The minimum atomic E-state index is -1.14. The van der Waals surface area contributed by atoms with E-state index in [1.807, 2.05) is 0 Å². The molecule has 0 aliphatic carbocycles. The number of carboxylic acid groups (broad SMARTS) is 1. The number of carboxylic acids is 1. The van der Waals surface area contributed by atoms with Crippen molar-refractivity contribution >= 4 is 29.7 Å². The number of nitrogens with one attached hydrogen (secondary N) is 1. The summed E-state index contributed by atoms with van der Waals surface area (Å²) in [6.45, 7) is 1.51. The summed E-state index contributed by atoms with van der Waals surface area (Å²) in [6, 6.07) is 7.81. The Morgan fingerprint density at radius 1 is 1.10 bits per heavy atom. The molecule has 0 atom stereocenters. The minimum absolute atomic E-state index is 0.116. The van der Waals surface area contributed by atoms with Crippen LogP contribution in [0.1, 0.15) is 22.8 Å². The second-order valence-corrected chi connectivity index (χ2v) is 6.15. The van der Waals surface area contributed by atoms with Gasteiger partial charge in [0.25, 0.3) is 5.91 Å². The molecule has 0 fully saturated rings. The summed E-state index contributed by atoms with van der Waals surface area (Å²) in [7, 11) is 2.97. The third kappa shape index (κ3) is 6.28. The molecule has 0 aromatic heterocycles. The molecule has 0 aliphatic heterocycles. The second-order valence-electron chi connectivity index (χ2n) is 5.75. The van der Waals surface area contributed by atoms with Gasteiger partial charge in [-0.3, -0.25) is 4.79 Å². The van der Waals surface area contributed by atoms with Crippen molar-refractivity contribution in [3.8, 4) is 23.0 Å². The first-order valence-corrected chi connectivity index (χ1v) is 9.13. The standard InChI is InChI=1S/C20H21ClN2O7/c1-4-29-17-6-12(5-16(21)19(17)30-11-18(24)25)10-22-23-20(26)13-7-14(27-2)9-15(8-13)28-3/h5-10H,4,11H2,1-3H3,(H,23,26)(H,24,25)/b22-10-. The van der Waals surface area contributed by atoms with E-state index >= 15 is 0 Å². The van der Waals surface area contributed by atoms with Crippen LogP contribution in [0, 0.1) is 0 Å². The van der Waals surface area contributed by atoms with Crippen molar-refractivity contribution in [1.82, 2.24) is 5.43 Å². The maximum absolute atomic E-state index is 12.3. The molecule has 2 aromatic carbocycles. The van der Waals surface area contributed by atoms with E-state index in [1.165, 1.54) is 26.5 Å². The van der Waals surface area contributed by atoms with Crippen molar-refractivity contribution in [2.75, 3.05) is 27.4 Å². The predicted octanol–water partition coefficient (Wildman–Crippen LogP) is 2.98. The lowest BCUT2D eigenvalue weighted by molar-refractivity contribution is -0.139. The molecule has 2 aromatic rings. The zero-order valence-electron chi connectivity index (χ0n) is 16.6. The molecule has 10 heteroatoms. The van der Waals surface area contributed by atoms with Crippen LogP contribution in [0.15, 0.2) is 35.4 Å². The molecule has 0 spiro atoms. The van der Waals surface area contributed by atoms with E-state index < -0.39 is 18.5 Å². The van der Waals surface area contributed by atoms with Gasteiger partial charge in [0.2, 0.25) is 0 Å². The highest BCUT2D eigenvalue weighted by atomic mass is 35.5. The van der Waals surface area contributed by atoms with E-state index in [9.17, 15) is 9.59 Å². The highest BCUT2D eigenvalue weighted by Crippen LogP contribution is 2.36. The van der Waals surface area contributed by atoms with Crippen LogP contribution in [-0.4, -0.2) is 50.6 Å². The Morgan fingerprint density at radius 3 is 2.33 bits per heavy atom. The Hall–Kier alpha value is -3.46. The minimum Gasteiger partial charge on any atom is -0.497 e. The van der Waals surface area contributed by atoms with Crippen molar-refractivity contribution in [2.24, 2.45) is 5.10 Å². The van der Waals surface area contributed by atoms with Gasteiger partial charge in [-0.05, 0) is 36.8 Å². The Balaban J connectivity index is 2.17. The van der Waals surface area contributed by atoms with Crippen LogP contribution >= 0.6 is 11.6 Å². The molecule has 9 nitrogen and oxygen atoms in total. The number of rotatable bonds is 10. The first kappa shape index (κ1) is 22.8. The molecule has 0 saturated carbocycles. The number of halogens is 1. The second kappa shape index (κ2) is 10.9. The quantitative estimate of drug-likeness (QED) is 0.434. The Kier molecular flexibility index (Phi) is 8.30. The largest absolute Gasteiger partial charge is 0.497 e. The zero-order chi connectivity index (χ0) is 22.1. The number of ether oxygens (including phenoxy) is 4. The van der Waals surface area contributed by atoms with Crippen LogP contribution in [0.4, 0.5) is 0 Å². The number of benzene rings is 2. The molecular formula is C20H21ClN2O7. The van der Waals surface area contributed by atoms with E-state index in [-0.39, 0.29) is 16.5 Å². The number of methoxy groups -OCH3 is 2. The van der Waals surface area contributed by atoms with Crippen molar-refractivity contribution in [1.29, 1.82) is 0 Å². The highest BCUT2D eigenvalue weighted by molar-refractivity contribution is 6.32. The van der Waals surface area contributed by atoms with Gasteiger partial charge in [-0.1, -0.05) is 11.6 Å². The van der Waals surface area contributed by atoms with Gasteiger partial charge < -0.3 is 24.1 Å². The fourth-order valence-corrected chi connectivity index (χ4v) is 2.64. The molecule has 0 bridgehead atoms. The van der Waals surface area contributed by atoms with Crippen LogP contribution < -0.4 is 24.4 Å². The Morgan fingerprint density at radius 2 is 1.77 bits per heavy atom. The van der Waals surface area contributed by atoms with Crippen molar-refractivity contribution in [3.05, 3.63) is 46.5 Å². The fourth-order valence-electron chi connectivity index (χ4n) is 2.37. The van der Waals surface area contributed by atoms with Crippen molar-refractivity contribution < 1.29 is 33.6 Å². The third-order valence-electron chi connectivity index (χ3n) is 3.67. The first-order valence-electron chi connectivity index (χ1n) is 8.75. The lowest BCUT2D eigenvalue weighted by Gasteiger charge is -2.13. The van der Waals surface area contributed by atoms with Crippen LogP contribution in [0.3, 0.4) is 0 Å². The fraction of sp³-hybridized carbons (Fsp3) is 0.250. The first-order chi connectivity index (χ1) is 14.4. The Labute approximate surface area is 178 Å². The molecule has 0 radical (unpaired) electrons. The molecule has 1 amide bonds. The van der Waals surface area contributed by atoms with Gasteiger partial charge in [-0.2, -0.15) is 5.10 Å². The van der Waals surface area contributed by atoms with E-state index in [1.54, 1.807) is 31.2 Å². The molecule has 0 heterocycles. The maximum Gasteiger partial charge on any atom is 0.341 e. The number of hydrogen-bond acceptors (Lipinski definition) is 7. The van der Waals surface area contributed by atoms with E-state index in [0.29, 0.717) is 29.2 Å². The van der Waals surface area contributed by atoms with Gasteiger partial charge in [0, 0.05) is 11.6 Å². The number of hydrogen-bond donors (Lipinski definition) is 2. The van der Waals surface area contributed by atoms with Crippen LogP contribution in [0.5, 0.6) is 23.0 Å². The lowest BCUT2D eigenvalue weighted by Crippen LogP contribution is -2.17. The van der Waals surface area contributed by atoms with Gasteiger partial charge in [0.1, 0.15) is 11.5 Å². The van der Waals surface area contributed by atoms with Crippen LogP contribution in [0.2, 0.25) is 5.02 Å². The van der Waals surface area contributed by atoms with Gasteiger partial charge >= 0.3 is 5.97 Å². The number of hydrazone groups is 1. The summed E-state index contributed by atoms with van der Waals surface area (Å²) < 4.78 is 20.9. The molecule has 30 heavy (non-hydrogen) atoms.